The molecule has 8 N–H and O–H groups in total. The average molecular weight is 971 g/mol. The average Bonchev–Trinajstić information content (AvgIpc) is 3.34. The van der Waals surface area contributed by atoms with Gasteiger partial charge >= 0.3 is 0 Å². The van der Waals surface area contributed by atoms with Crippen LogP contribution in [0.2, 0.25) is 0 Å². The Morgan fingerprint density at radius 3 is 1.25 bits per heavy atom. The molecule has 0 saturated carbocycles. The number of hydrogen-bond donors (Lipinski definition) is 8. The fourth-order valence-electron chi connectivity index (χ4n) is 9.56. The molecule has 68 heavy (non-hydrogen) atoms. The first-order chi connectivity index (χ1) is 33.2. The van der Waals surface area contributed by atoms with Crippen molar-refractivity contribution < 1.29 is 50.0 Å². The van der Waals surface area contributed by atoms with E-state index in [9.17, 15) is 40.5 Å². The molecule has 1 saturated heterocycles. The van der Waals surface area contributed by atoms with Crippen molar-refractivity contribution in [2.75, 3.05) is 13.2 Å². The number of rotatable bonds is 50. The van der Waals surface area contributed by atoms with Crippen molar-refractivity contribution in [3.8, 4) is 0 Å². The highest BCUT2D eigenvalue weighted by molar-refractivity contribution is 5.80. The lowest BCUT2D eigenvalue weighted by atomic mass is 9.98. The number of aliphatic hydroxyl groups is 7. The third-order valence-corrected chi connectivity index (χ3v) is 14.3. The van der Waals surface area contributed by atoms with E-state index < -0.39 is 74.2 Å². The second-order valence-electron chi connectivity index (χ2n) is 20.7. The van der Waals surface area contributed by atoms with Crippen molar-refractivity contribution >= 4 is 5.91 Å². The van der Waals surface area contributed by atoms with Crippen LogP contribution < -0.4 is 5.32 Å². The number of allylic oxidation sites excluding steroid dienone is 2. The summed E-state index contributed by atoms with van der Waals surface area (Å²) < 4.78 is 11.0. The van der Waals surface area contributed by atoms with Crippen molar-refractivity contribution in [1.29, 1.82) is 0 Å². The van der Waals surface area contributed by atoms with E-state index in [4.69, 9.17) is 9.47 Å². The molecule has 0 radical (unpaired) electrons. The van der Waals surface area contributed by atoms with Crippen LogP contribution in [0.1, 0.15) is 277 Å². The number of unbranched alkanes of at least 4 members (excludes halogenated alkanes) is 36. The van der Waals surface area contributed by atoms with Gasteiger partial charge in [-0.15, -0.1) is 0 Å². The van der Waals surface area contributed by atoms with E-state index in [1.165, 1.54) is 205 Å². The highest BCUT2D eigenvalue weighted by Crippen LogP contribution is 2.23. The van der Waals surface area contributed by atoms with Gasteiger partial charge in [-0.3, -0.25) is 4.79 Å². The number of carbonyl (C=O) groups is 1. The van der Waals surface area contributed by atoms with E-state index in [-0.39, 0.29) is 6.42 Å². The molecule has 1 heterocycles. The van der Waals surface area contributed by atoms with Crippen molar-refractivity contribution in [3.63, 3.8) is 0 Å². The van der Waals surface area contributed by atoms with E-state index in [0.717, 1.165) is 32.1 Å². The third kappa shape index (κ3) is 35.1. The van der Waals surface area contributed by atoms with Gasteiger partial charge in [0.05, 0.1) is 25.4 Å². The predicted molar refractivity (Wildman–Crippen MR) is 279 cm³/mol. The smallest absolute Gasteiger partial charge is 0.249 e. The van der Waals surface area contributed by atoms with Gasteiger partial charge in [0.15, 0.2) is 6.29 Å². The molecule has 1 rings (SSSR count). The number of amides is 1. The Labute approximate surface area is 417 Å². The fourth-order valence-corrected chi connectivity index (χ4v) is 9.56. The third-order valence-electron chi connectivity index (χ3n) is 14.3. The number of hydrogen-bond acceptors (Lipinski definition) is 10. The molecule has 1 amide bonds. The summed E-state index contributed by atoms with van der Waals surface area (Å²) in [5.74, 6) is -0.702. The lowest BCUT2D eigenvalue weighted by Crippen LogP contribution is -2.60. The molecule has 0 aromatic rings. The Bertz CT molecular complexity index is 1110. The Kier molecular flexibility index (Phi) is 44.7. The molecule has 11 heteroatoms. The van der Waals surface area contributed by atoms with E-state index >= 15 is 0 Å². The predicted octanol–water partition coefficient (Wildman–Crippen LogP) is 12.0. The summed E-state index contributed by atoms with van der Waals surface area (Å²) in [7, 11) is 0. The Morgan fingerprint density at radius 2 is 0.853 bits per heavy atom. The normalized spacial score (nSPS) is 20.5. The highest BCUT2D eigenvalue weighted by Gasteiger charge is 2.44. The van der Waals surface area contributed by atoms with Gasteiger partial charge in [0, 0.05) is 0 Å². The maximum Gasteiger partial charge on any atom is 0.249 e. The number of ether oxygens (including phenoxy) is 2. The van der Waals surface area contributed by atoms with Crippen LogP contribution >= 0.6 is 0 Å². The summed E-state index contributed by atoms with van der Waals surface area (Å²) >= 11 is 0. The molecule has 9 atom stereocenters. The summed E-state index contributed by atoms with van der Waals surface area (Å²) in [6.45, 7) is 3.26. The standard InChI is InChI=1S/C57H111NO10/c1-3-5-7-8-9-10-11-12-13-14-15-16-17-18-19-20-21-22-23-24-25-26-27-28-29-30-31-32-33-34-35-36-37-38-39-40-41-43-45-50(61)56(66)58-48(52(62)49(60)44-42-6-4-2)47-67-57-55(65)54(64)53(63)51(46-59)68-57/h24-25,48-55,57,59-65H,3-23,26-47H2,1-2H3,(H,58,66)/b25-24-. The van der Waals surface area contributed by atoms with E-state index in [1.54, 1.807) is 0 Å². The number of carbonyl (C=O) groups excluding carboxylic acids is 1. The van der Waals surface area contributed by atoms with Gasteiger partial charge in [0.2, 0.25) is 5.91 Å². The SMILES string of the molecule is CCCCCCCCCCCCCCCCCCCC/C=C\CCCCCCCCCCCCCCCCCCC(O)C(=O)NC(COC1OC(CO)C(O)C(O)C1O)C(O)C(O)CCCCC. The van der Waals surface area contributed by atoms with Gasteiger partial charge in [0.25, 0.3) is 0 Å². The van der Waals surface area contributed by atoms with Crippen LogP contribution in [-0.2, 0) is 14.3 Å². The minimum Gasteiger partial charge on any atom is -0.394 e. The topological polar surface area (TPSA) is 189 Å². The zero-order valence-electron chi connectivity index (χ0n) is 44.1. The van der Waals surface area contributed by atoms with Crippen molar-refractivity contribution in [2.24, 2.45) is 0 Å². The summed E-state index contributed by atoms with van der Waals surface area (Å²) in [6.07, 6.45) is 44.5. The van der Waals surface area contributed by atoms with Gasteiger partial charge in [-0.25, -0.2) is 0 Å². The zero-order chi connectivity index (χ0) is 49.7. The van der Waals surface area contributed by atoms with Gasteiger partial charge in [0.1, 0.15) is 36.6 Å². The molecule has 1 fully saturated rings. The molecule has 0 aliphatic carbocycles. The number of aliphatic hydroxyl groups excluding tert-OH is 7. The maximum atomic E-state index is 13.0. The van der Waals surface area contributed by atoms with Crippen LogP contribution in [0.4, 0.5) is 0 Å². The van der Waals surface area contributed by atoms with Crippen LogP contribution in [0.15, 0.2) is 12.2 Å². The Morgan fingerprint density at radius 1 is 0.500 bits per heavy atom. The Hall–Kier alpha value is -1.15. The molecule has 0 bridgehead atoms. The quantitative estimate of drug-likeness (QED) is 0.0215. The summed E-state index contributed by atoms with van der Waals surface area (Å²) in [5.41, 5.74) is 0. The second kappa shape index (κ2) is 46.9. The van der Waals surface area contributed by atoms with Crippen LogP contribution in [0.25, 0.3) is 0 Å². The van der Waals surface area contributed by atoms with Crippen LogP contribution in [0, 0.1) is 0 Å². The monoisotopic (exact) mass is 970 g/mol. The van der Waals surface area contributed by atoms with Crippen molar-refractivity contribution in [1.82, 2.24) is 5.32 Å². The van der Waals surface area contributed by atoms with Crippen LogP contribution in [-0.4, -0.2) is 110 Å². The first kappa shape index (κ1) is 64.9. The van der Waals surface area contributed by atoms with Gasteiger partial charge in [-0.1, -0.05) is 251 Å². The van der Waals surface area contributed by atoms with Crippen molar-refractivity contribution in [2.45, 2.75) is 332 Å². The molecule has 404 valence electrons. The molecule has 1 aliphatic heterocycles. The molecule has 0 spiro atoms. The van der Waals surface area contributed by atoms with E-state index in [2.05, 4.69) is 24.4 Å². The first-order valence-electron chi connectivity index (χ1n) is 29.1. The van der Waals surface area contributed by atoms with Crippen LogP contribution in [0.3, 0.4) is 0 Å². The first-order valence-corrected chi connectivity index (χ1v) is 29.1. The minimum absolute atomic E-state index is 0.262. The molecular formula is C57H111NO10. The van der Waals surface area contributed by atoms with E-state index in [1.807, 2.05) is 6.92 Å². The van der Waals surface area contributed by atoms with Crippen LogP contribution in [0.5, 0.6) is 0 Å². The minimum atomic E-state index is -1.66. The Balaban J connectivity index is 1.97. The largest absolute Gasteiger partial charge is 0.394 e. The zero-order valence-corrected chi connectivity index (χ0v) is 44.1. The molecule has 9 unspecified atom stereocenters. The fraction of sp³-hybridized carbons (Fsp3) is 0.947. The number of nitrogens with one attached hydrogen (secondary N) is 1. The van der Waals surface area contributed by atoms with Crippen molar-refractivity contribution in [3.05, 3.63) is 12.2 Å². The summed E-state index contributed by atoms with van der Waals surface area (Å²) in [6, 6.07) is -1.16. The summed E-state index contributed by atoms with van der Waals surface area (Å²) in [5, 5.41) is 74.8. The lowest BCUT2D eigenvalue weighted by molar-refractivity contribution is -0.303. The van der Waals surface area contributed by atoms with Gasteiger partial charge in [-0.05, 0) is 38.5 Å². The van der Waals surface area contributed by atoms with Gasteiger partial charge < -0.3 is 50.5 Å². The molecule has 1 aliphatic rings. The second-order valence-corrected chi connectivity index (χ2v) is 20.7. The molecule has 11 nitrogen and oxygen atoms in total. The maximum absolute atomic E-state index is 13.0. The summed E-state index contributed by atoms with van der Waals surface area (Å²) in [4.78, 5) is 13.0. The van der Waals surface area contributed by atoms with Gasteiger partial charge in [-0.2, -0.15) is 0 Å². The highest BCUT2D eigenvalue weighted by atomic mass is 16.7. The molecule has 0 aromatic heterocycles. The lowest BCUT2D eigenvalue weighted by Gasteiger charge is -2.40. The molecule has 0 aromatic carbocycles. The molecular weight excluding hydrogens is 859 g/mol. The van der Waals surface area contributed by atoms with E-state index in [0.29, 0.717) is 19.3 Å².